The number of benzene rings is 1. The molecular weight excluding hydrogens is 291 g/mol. The first-order valence-electron chi connectivity index (χ1n) is 5.12. The third-order valence-corrected chi connectivity index (χ3v) is 2.52. The third kappa shape index (κ3) is 3.36. The van der Waals surface area contributed by atoms with Gasteiger partial charge in [0.1, 0.15) is 5.82 Å². The second-order valence-electron chi connectivity index (χ2n) is 3.40. The highest BCUT2D eigenvalue weighted by Gasteiger charge is 2.18. The summed E-state index contributed by atoms with van der Waals surface area (Å²) in [5.74, 6) is -1.67. The Balaban J connectivity index is 3.10. The molecule has 5 heteroatoms. The van der Waals surface area contributed by atoms with E-state index in [1.807, 2.05) is 0 Å². The number of Topliss-reactive ketones (excluding diaryl/α,β-unsaturated/α-hetero) is 1. The molecule has 0 spiro atoms. The lowest BCUT2D eigenvalue weighted by atomic mass is 10.1. The average Bonchev–Trinajstić information content (AvgIpc) is 2.28. The molecular formula is C12H12BrFO3. The third-order valence-electron chi connectivity index (χ3n) is 2.11. The smallest absolute Gasteiger partial charge is 0.341 e. The highest BCUT2D eigenvalue weighted by Crippen LogP contribution is 2.15. The molecule has 0 saturated carbocycles. The molecule has 17 heavy (non-hydrogen) atoms. The van der Waals surface area contributed by atoms with Gasteiger partial charge >= 0.3 is 5.97 Å². The van der Waals surface area contributed by atoms with E-state index in [4.69, 9.17) is 4.74 Å². The zero-order valence-corrected chi connectivity index (χ0v) is 11.1. The van der Waals surface area contributed by atoms with Crippen LogP contribution in [-0.4, -0.2) is 23.2 Å². The Morgan fingerprint density at radius 2 is 2.12 bits per heavy atom. The largest absolute Gasteiger partial charge is 0.462 e. The maximum atomic E-state index is 13.4. The number of esters is 1. The van der Waals surface area contributed by atoms with E-state index < -0.39 is 11.8 Å². The fraction of sp³-hybridized carbons (Fsp3) is 0.333. The standard InChI is InChI=1S/C12H12BrFO3/c1-3-17-12(16)9-6-8(4-5-10(9)14)11(15)7(2)13/h4-7H,3H2,1-2H3. The summed E-state index contributed by atoms with van der Waals surface area (Å²) in [5, 5.41) is 0. The fourth-order valence-electron chi connectivity index (χ4n) is 1.27. The summed E-state index contributed by atoms with van der Waals surface area (Å²) in [5.41, 5.74) is 0.0599. The molecule has 0 aliphatic heterocycles. The predicted octanol–water partition coefficient (Wildman–Crippen LogP) is 2.97. The van der Waals surface area contributed by atoms with Gasteiger partial charge in [0.2, 0.25) is 0 Å². The number of ketones is 1. The minimum absolute atomic E-state index is 0.158. The minimum atomic E-state index is -0.762. The SMILES string of the molecule is CCOC(=O)c1cc(C(=O)C(C)Br)ccc1F. The van der Waals surface area contributed by atoms with Crippen LogP contribution in [0.3, 0.4) is 0 Å². The minimum Gasteiger partial charge on any atom is -0.462 e. The van der Waals surface area contributed by atoms with Gasteiger partial charge in [0.25, 0.3) is 0 Å². The number of halogens is 2. The highest BCUT2D eigenvalue weighted by atomic mass is 79.9. The quantitative estimate of drug-likeness (QED) is 0.488. The Kier molecular flexibility index (Phi) is 4.81. The van der Waals surface area contributed by atoms with Crippen LogP contribution < -0.4 is 0 Å². The number of hydrogen-bond acceptors (Lipinski definition) is 3. The van der Waals surface area contributed by atoms with E-state index in [1.54, 1.807) is 13.8 Å². The van der Waals surface area contributed by atoms with Crippen molar-refractivity contribution < 1.29 is 18.7 Å². The molecule has 1 unspecified atom stereocenters. The van der Waals surface area contributed by atoms with E-state index in [0.717, 1.165) is 6.07 Å². The molecule has 1 aromatic rings. The van der Waals surface area contributed by atoms with Crippen molar-refractivity contribution in [1.82, 2.24) is 0 Å². The summed E-state index contributed by atoms with van der Waals surface area (Å²) in [6.07, 6.45) is 0. The Hall–Kier alpha value is -1.23. The van der Waals surface area contributed by atoms with Gasteiger partial charge in [-0.3, -0.25) is 4.79 Å². The molecule has 0 fully saturated rings. The molecule has 0 aliphatic carbocycles. The summed E-state index contributed by atoms with van der Waals surface area (Å²) >= 11 is 3.13. The van der Waals surface area contributed by atoms with Gasteiger partial charge in [-0.15, -0.1) is 0 Å². The summed E-state index contributed by atoms with van der Waals surface area (Å²) in [6.45, 7) is 3.45. The van der Waals surface area contributed by atoms with Gasteiger partial charge in [-0.25, -0.2) is 9.18 Å². The lowest BCUT2D eigenvalue weighted by Crippen LogP contribution is -2.13. The molecule has 0 radical (unpaired) electrons. The van der Waals surface area contributed by atoms with Gasteiger partial charge in [-0.1, -0.05) is 15.9 Å². The van der Waals surface area contributed by atoms with Crippen LogP contribution in [0.5, 0.6) is 0 Å². The van der Waals surface area contributed by atoms with Crippen LogP contribution in [0.15, 0.2) is 18.2 Å². The second-order valence-corrected chi connectivity index (χ2v) is 4.77. The molecule has 3 nitrogen and oxygen atoms in total. The van der Waals surface area contributed by atoms with Gasteiger partial charge in [-0.2, -0.15) is 0 Å². The summed E-state index contributed by atoms with van der Waals surface area (Å²) in [4.78, 5) is 22.7. The number of alkyl halides is 1. The number of ether oxygens (including phenoxy) is 1. The molecule has 0 amide bonds. The predicted molar refractivity (Wildman–Crippen MR) is 65.1 cm³/mol. The van der Waals surface area contributed by atoms with Crippen molar-refractivity contribution in [2.24, 2.45) is 0 Å². The molecule has 1 atom stereocenters. The van der Waals surface area contributed by atoms with Crippen molar-refractivity contribution in [2.45, 2.75) is 18.7 Å². The molecule has 92 valence electrons. The first-order valence-corrected chi connectivity index (χ1v) is 6.04. The molecule has 0 N–H and O–H groups in total. The van der Waals surface area contributed by atoms with Crippen molar-refractivity contribution in [2.75, 3.05) is 6.61 Å². The molecule has 0 aliphatic rings. The summed E-state index contributed by atoms with van der Waals surface area (Å²) in [6, 6.07) is 3.65. The van der Waals surface area contributed by atoms with Crippen LogP contribution in [0.1, 0.15) is 34.6 Å². The lowest BCUT2D eigenvalue weighted by Gasteiger charge is -2.07. The van der Waals surface area contributed by atoms with E-state index in [1.165, 1.54) is 12.1 Å². The molecule has 1 aromatic carbocycles. The number of hydrogen-bond donors (Lipinski definition) is 0. The monoisotopic (exact) mass is 302 g/mol. The van der Waals surface area contributed by atoms with Crippen LogP contribution in [0, 0.1) is 5.82 Å². The van der Waals surface area contributed by atoms with E-state index >= 15 is 0 Å². The van der Waals surface area contributed by atoms with Crippen LogP contribution in [0.25, 0.3) is 0 Å². The van der Waals surface area contributed by atoms with Crippen molar-refractivity contribution >= 4 is 27.7 Å². The second kappa shape index (κ2) is 5.91. The summed E-state index contributed by atoms with van der Waals surface area (Å²) in [7, 11) is 0. The molecule has 1 rings (SSSR count). The number of rotatable bonds is 4. The Labute approximate surface area is 107 Å². The van der Waals surface area contributed by atoms with Crippen molar-refractivity contribution in [3.05, 3.63) is 35.1 Å². The van der Waals surface area contributed by atoms with Crippen molar-refractivity contribution in [3.8, 4) is 0 Å². The van der Waals surface area contributed by atoms with Gasteiger partial charge in [0, 0.05) is 5.56 Å². The topological polar surface area (TPSA) is 43.4 Å². The molecule has 0 aromatic heterocycles. The number of carbonyl (C=O) groups excluding carboxylic acids is 2. The molecule has 0 heterocycles. The summed E-state index contributed by atoms with van der Waals surface area (Å²) < 4.78 is 18.1. The van der Waals surface area contributed by atoms with Gasteiger partial charge < -0.3 is 4.74 Å². The van der Waals surface area contributed by atoms with Crippen LogP contribution in [-0.2, 0) is 4.74 Å². The average molecular weight is 303 g/mol. The van der Waals surface area contributed by atoms with Crippen LogP contribution in [0.4, 0.5) is 4.39 Å². The molecule has 0 saturated heterocycles. The van der Waals surface area contributed by atoms with E-state index in [2.05, 4.69) is 15.9 Å². The highest BCUT2D eigenvalue weighted by molar-refractivity contribution is 9.10. The lowest BCUT2D eigenvalue weighted by molar-refractivity contribution is 0.0521. The van der Waals surface area contributed by atoms with Gasteiger partial charge in [-0.05, 0) is 32.0 Å². The van der Waals surface area contributed by atoms with E-state index in [9.17, 15) is 14.0 Å². The van der Waals surface area contributed by atoms with Crippen molar-refractivity contribution in [3.63, 3.8) is 0 Å². The number of carbonyl (C=O) groups is 2. The first-order chi connectivity index (χ1) is 7.97. The van der Waals surface area contributed by atoms with Crippen LogP contribution in [0.2, 0.25) is 0 Å². The Morgan fingerprint density at radius 3 is 2.65 bits per heavy atom. The van der Waals surface area contributed by atoms with E-state index in [0.29, 0.717) is 0 Å². The zero-order valence-electron chi connectivity index (χ0n) is 9.50. The Bertz CT molecular complexity index is 443. The maximum Gasteiger partial charge on any atom is 0.341 e. The zero-order chi connectivity index (χ0) is 13.0. The Morgan fingerprint density at radius 1 is 1.47 bits per heavy atom. The van der Waals surface area contributed by atoms with Gasteiger partial charge in [0.05, 0.1) is 17.0 Å². The maximum absolute atomic E-state index is 13.4. The first kappa shape index (κ1) is 13.8. The van der Waals surface area contributed by atoms with Crippen LogP contribution >= 0.6 is 15.9 Å². The van der Waals surface area contributed by atoms with Gasteiger partial charge in [0.15, 0.2) is 5.78 Å². The normalized spacial score (nSPS) is 12.0. The fourth-order valence-corrected chi connectivity index (χ4v) is 1.54. The van der Waals surface area contributed by atoms with Crippen molar-refractivity contribution in [1.29, 1.82) is 0 Å². The van der Waals surface area contributed by atoms with E-state index in [-0.39, 0.29) is 28.3 Å². The molecule has 0 bridgehead atoms.